The molecular weight excluding hydrogens is 341 g/mol. The van der Waals surface area contributed by atoms with E-state index in [2.05, 4.69) is 10.3 Å². The zero-order valence-electron chi connectivity index (χ0n) is 14.5. The zero-order valence-corrected chi connectivity index (χ0v) is 14.5. The molecule has 1 N–H and O–H groups in total. The lowest BCUT2D eigenvalue weighted by Crippen LogP contribution is -2.18. The number of para-hydroxylation sites is 1. The van der Waals surface area contributed by atoms with E-state index in [0.29, 0.717) is 0 Å². The molecule has 0 aliphatic carbocycles. The number of carbonyl (C=O) groups excluding carboxylic acids is 1. The van der Waals surface area contributed by atoms with E-state index in [4.69, 9.17) is 0 Å². The number of hydrogen-bond acceptors (Lipinski definition) is 2. The number of hydrogen-bond donors (Lipinski definition) is 1. The predicted octanol–water partition coefficient (Wildman–Crippen LogP) is 4.63. The number of carbonyl (C=O) groups is 1. The topological polar surface area (TPSA) is 46.4 Å². The molecule has 0 radical (unpaired) electrons. The van der Waals surface area contributed by atoms with Crippen LogP contribution in [-0.2, 0) is 4.79 Å². The number of rotatable bonds is 5. The van der Waals surface area contributed by atoms with Crippen LogP contribution >= 0.6 is 0 Å². The minimum absolute atomic E-state index is 0.182. The van der Waals surface area contributed by atoms with Crippen molar-refractivity contribution in [3.05, 3.63) is 102 Å². The van der Waals surface area contributed by atoms with Crippen molar-refractivity contribution in [2.75, 3.05) is 5.32 Å². The van der Waals surface area contributed by atoms with Crippen molar-refractivity contribution >= 4 is 17.2 Å². The van der Waals surface area contributed by atoms with Crippen LogP contribution in [0.15, 0.2) is 85.2 Å². The molecule has 0 aliphatic rings. The quantitative estimate of drug-likeness (QED) is 0.564. The maximum atomic E-state index is 13.9. The number of anilines is 1. The van der Waals surface area contributed by atoms with Gasteiger partial charge in [-0.05, 0) is 29.8 Å². The van der Waals surface area contributed by atoms with Crippen LogP contribution in [0.1, 0.15) is 23.6 Å². The van der Waals surface area contributed by atoms with E-state index in [0.717, 1.165) is 16.9 Å². The van der Waals surface area contributed by atoms with Crippen LogP contribution in [0.2, 0.25) is 0 Å². The van der Waals surface area contributed by atoms with Gasteiger partial charge in [0.1, 0.15) is 11.5 Å². The molecule has 4 nitrogen and oxygen atoms in total. The first-order chi connectivity index (χ1) is 13.2. The summed E-state index contributed by atoms with van der Waals surface area (Å²) < 4.78 is 15.8. The molecule has 2 heterocycles. The Morgan fingerprint density at radius 3 is 2.56 bits per heavy atom. The fraction of sp³-hybridized carbons (Fsp3) is 0.0909. The zero-order chi connectivity index (χ0) is 18.6. The van der Waals surface area contributed by atoms with Crippen molar-refractivity contribution in [2.24, 2.45) is 0 Å². The Hall–Kier alpha value is -3.47. The normalized spacial score (nSPS) is 12.0. The number of aromatic nitrogens is 2. The summed E-state index contributed by atoms with van der Waals surface area (Å²) in [6.45, 7) is 0. The standard InChI is InChI=1S/C22H18FN3O/c23-18-10-4-5-11-19(18)25-22(27)14-17(16-8-2-1-3-9-16)20-15-24-21-12-6-7-13-26(20)21/h1-13,15,17H,14H2,(H,25,27)/t17-/m0/s1. The largest absolute Gasteiger partial charge is 0.324 e. The van der Waals surface area contributed by atoms with E-state index in [1.54, 1.807) is 24.4 Å². The van der Waals surface area contributed by atoms with E-state index in [-0.39, 0.29) is 23.9 Å². The number of benzene rings is 2. The number of fused-ring (bicyclic) bond motifs is 1. The summed E-state index contributed by atoms with van der Waals surface area (Å²) in [5.74, 6) is -0.896. The number of pyridine rings is 1. The van der Waals surface area contributed by atoms with Crippen molar-refractivity contribution in [3.8, 4) is 0 Å². The minimum atomic E-state index is -0.447. The Kier molecular flexibility index (Phi) is 4.66. The number of nitrogens with zero attached hydrogens (tertiary/aromatic N) is 2. The molecule has 1 atom stereocenters. The average molecular weight is 359 g/mol. The van der Waals surface area contributed by atoms with Crippen LogP contribution in [-0.4, -0.2) is 15.3 Å². The Bertz CT molecular complexity index is 1080. The SMILES string of the molecule is O=C(C[C@@H](c1ccccc1)c1cnc2ccccn12)Nc1ccccc1F. The lowest BCUT2D eigenvalue weighted by atomic mass is 9.92. The van der Waals surface area contributed by atoms with Gasteiger partial charge in [0.25, 0.3) is 0 Å². The lowest BCUT2D eigenvalue weighted by molar-refractivity contribution is -0.116. The highest BCUT2D eigenvalue weighted by Gasteiger charge is 2.22. The second kappa shape index (κ2) is 7.41. The van der Waals surface area contributed by atoms with Gasteiger partial charge in [-0.2, -0.15) is 0 Å². The first kappa shape index (κ1) is 17.0. The van der Waals surface area contributed by atoms with E-state index in [9.17, 15) is 9.18 Å². The average Bonchev–Trinajstić information content (AvgIpc) is 3.12. The van der Waals surface area contributed by atoms with Crippen LogP contribution in [0, 0.1) is 5.82 Å². The van der Waals surface area contributed by atoms with E-state index >= 15 is 0 Å². The fourth-order valence-electron chi connectivity index (χ4n) is 3.24. The van der Waals surface area contributed by atoms with Gasteiger partial charge in [0.15, 0.2) is 0 Å². The summed E-state index contributed by atoms with van der Waals surface area (Å²) in [4.78, 5) is 17.1. The molecule has 5 heteroatoms. The highest BCUT2D eigenvalue weighted by atomic mass is 19.1. The van der Waals surface area contributed by atoms with Gasteiger partial charge in [0.2, 0.25) is 5.91 Å². The molecule has 0 saturated heterocycles. The van der Waals surface area contributed by atoms with Gasteiger partial charge in [-0.1, -0.05) is 48.5 Å². The van der Waals surface area contributed by atoms with Gasteiger partial charge < -0.3 is 9.72 Å². The third kappa shape index (κ3) is 3.58. The van der Waals surface area contributed by atoms with Crippen molar-refractivity contribution in [2.45, 2.75) is 12.3 Å². The molecular formula is C22H18FN3O. The van der Waals surface area contributed by atoms with Crippen molar-refractivity contribution < 1.29 is 9.18 Å². The molecule has 134 valence electrons. The monoisotopic (exact) mass is 359 g/mol. The van der Waals surface area contributed by atoms with Gasteiger partial charge in [-0.25, -0.2) is 9.37 Å². The smallest absolute Gasteiger partial charge is 0.225 e. The summed E-state index contributed by atoms with van der Waals surface area (Å²) in [5, 5.41) is 2.68. The number of imidazole rings is 1. The first-order valence-electron chi connectivity index (χ1n) is 8.73. The second-order valence-corrected chi connectivity index (χ2v) is 6.31. The summed E-state index contributed by atoms with van der Waals surface area (Å²) in [7, 11) is 0. The minimum Gasteiger partial charge on any atom is -0.324 e. The third-order valence-electron chi connectivity index (χ3n) is 4.54. The van der Waals surface area contributed by atoms with E-state index in [1.165, 1.54) is 6.07 Å². The highest BCUT2D eigenvalue weighted by Crippen LogP contribution is 2.29. The third-order valence-corrected chi connectivity index (χ3v) is 4.54. The molecule has 0 saturated carbocycles. The van der Waals surface area contributed by atoms with Crippen LogP contribution in [0.3, 0.4) is 0 Å². The van der Waals surface area contributed by atoms with Crippen molar-refractivity contribution in [3.63, 3.8) is 0 Å². The van der Waals surface area contributed by atoms with Gasteiger partial charge in [0.05, 0.1) is 11.4 Å². The fourth-order valence-corrected chi connectivity index (χ4v) is 3.24. The molecule has 0 fully saturated rings. The molecule has 1 amide bonds. The van der Waals surface area contributed by atoms with Crippen LogP contribution in [0.4, 0.5) is 10.1 Å². The summed E-state index contributed by atoms with van der Waals surface area (Å²) in [6.07, 6.45) is 3.91. The van der Waals surface area contributed by atoms with Crippen molar-refractivity contribution in [1.82, 2.24) is 9.38 Å². The maximum absolute atomic E-state index is 13.9. The van der Waals surface area contributed by atoms with Crippen molar-refractivity contribution in [1.29, 1.82) is 0 Å². The van der Waals surface area contributed by atoms with E-state index < -0.39 is 5.82 Å². The van der Waals surface area contributed by atoms with Crippen LogP contribution < -0.4 is 5.32 Å². The summed E-state index contributed by atoms with van der Waals surface area (Å²) >= 11 is 0. The number of amides is 1. The molecule has 0 bridgehead atoms. The molecule has 0 spiro atoms. The maximum Gasteiger partial charge on any atom is 0.225 e. The summed E-state index contributed by atoms with van der Waals surface area (Å²) in [5.41, 5.74) is 2.93. The summed E-state index contributed by atoms with van der Waals surface area (Å²) in [6, 6.07) is 21.8. The van der Waals surface area contributed by atoms with Crippen LogP contribution in [0.5, 0.6) is 0 Å². The van der Waals surface area contributed by atoms with Gasteiger partial charge in [0, 0.05) is 24.7 Å². The molecule has 2 aromatic carbocycles. The Labute approximate surface area is 156 Å². The number of halogens is 1. The van der Waals surface area contributed by atoms with Gasteiger partial charge >= 0.3 is 0 Å². The predicted molar refractivity (Wildman–Crippen MR) is 103 cm³/mol. The Morgan fingerprint density at radius 1 is 1.00 bits per heavy atom. The molecule has 0 aliphatic heterocycles. The lowest BCUT2D eigenvalue weighted by Gasteiger charge is -2.17. The van der Waals surface area contributed by atoms with E-state index in [1.807, 2.05) is 59.1 Å². The number of nitrogens with one attached hydrogen (secondary N) is 1. The van der Waals surface area contributed by atoms with Gasteiger partial charge in [-0.3, -0.25) is 4.79 Å². The highest BCUT2D eigenvalue weighted by molar-refractivity contribution is 5.91. The Morgan fingerprint density at radius 2 is 1.74 bits per heavy atom. The molecule has 4 aromatic rings. The molecule has 0 unspecified atom stereocenters. The van der Waals surface area contributed by atoms with Crippen LogP contribution in [0.25, 0.3) is 5.65 Å². The Balaban J connectivity index is 1.67. The molecule has 4 rings (SSSR count). The first-order valence-corrected chi connectivity index (χ1v) is 8.73. The molecule has 27 heavy (non-hydrogen) atoms. The second-order valence-electron chi connectivity index (χ2n) is 6.31. The van der Waals surface area contributed by atoms with Gasteiger partial charge in [-0.15, -0.1) is 0 Å². The molecule has 2 aromatic heterocycles.